The molecule has 25 heavy (non-hydrogen) atoms. The first-order valence-electron chi connectivity index (χ1n) is 8.32. The van der Waals surface area contributed by atoms with E-state index in [2.05, 4.69) is 0 Å². The maximum absolute atomic E-state index is 12.8. The van der Waals surface area contributed by atoms with Gasteiger partial charge in [0, 0.05) is 31.3 Å². The molecule has 1 aromatic rings. The summed E-state index contributed by atoms with van der Waals surface area (Å²) in [7, 11) is 3.01. The van der Waals surface area contributed by atoms with Crippen LogP contribution >= 0.6 is 0 Å². The number of carbonyl (C=O) groups is 2. The molecule has 1 heterocycles. The second-order valence-electron chi connectivity index (χ2n) is 6.63. The van der Waals surface area contributed by atoms with Gasteiger partial charge in [-0.2, -0.15) is 0 Å². The van der Waals surface area contributed by atoms with Crippen LogP contribution in [0.2, 0.25) is 0 Å². The maximum Gasteiger partial charge on any atom is 0.254 e. The van der Waals surface area contributed by atoms with Crippen LogP contribution in [0.3, 0.4) is 0 Å². The molecule has 1 atom stereocenters. The molecule has 1 aromatic carbocycles. The van der Waals surface area contributed by atoms with Gasteiger partial charge in [-0.3, -0.25) is 9.59 Å². The van der Waals surface area contributed by atoms with E-state index in [1.807, 2.05) is 13.8 Å². The summed E-state index contributed by atoms with van der Waals surface area (Å²) in [5.41, 5.74) is 0.355. The molecular formula is C18H26N2O5. The number of amides is 2. The lowest BCUT2D eigenvalue weighted by atomic mass is 10.1. The number of β-amino-alcohol motifs (C(OH)–C–C–N with tert-alkyl or cyclic N) is 1. The molecule has 138 valence electrons. The van der Waals surface area contributed by atoms with E-state index < -0.39 is 6.10 Å². The van der Waals surface area contributed by atoms with Gasteiger partial charge >= 0.3 is 0 Å². The molecule has 0 aromatic heterocycles. The number of carbonyl (C=O) groups excluding carboxylic acids is 2. The van der Waals surface area contributed by atoms with Crippen LogP contribution < -0.4 is 9.47 Å². The standard InChI is InChI=1S/C18H26N2O5/c1-12(2)8-19-9-14(21)10-20(11-17(19)22)18(23)13-5-15(24-3)7-16(6-13)25-4/h5-7,12,14,21H,8-11H2,1-4H3. The highest BCUT2D eigenvalue weighted by atomic mass is 16.5. The molecule has 1 saturated heterocycles. The van der Waals surface area contributed by atoms with E-state index in [9.17, 15) is 14.7 Å². The molecule has 2 amide bonds. The molecule has 1 aliphatic rings. The van der Waals surface area contributed by atoms with Gasteiger partial charge in [0.1, 0.15) is 18.0 Å². The maximum atomic E-state index is 12.8. The third-order valence-electron chi connectivity index (χ3n) is 4.01. The number of aliphatic hydroxyl groups excluding tert-OH is 1. The summed E-state index contributed by atoms with van der Waals surface area (Å²) in [5.74, 6) is 0.780. The molecule has 0 bridgehead atoms. The SMILES string of the molecule is COc1cc(OC)cc(C(=O)N2CC(=O)N(CC(C)C)CC(O)C2)c1. The lowest BCUT2D eigenvalue weighted by Crippen LogP contribution is -2.40. The third-order valence-corrected chi connectivity index (χ3v) is 4.01. The highest BCUT2D eigenvalue weighted by Gasteiger charge is 2.30. The van der Waals surface area contributed by atoms with Gasteiger partial charge in [-0.1, -0.05) is 13.8 Å². The fourth-order valence-electron chi connectivity index (χ4n) is 2.88. The van der Waals surface area contributed by atoms with Gasteiger partial charge in [-0.05, 0) is 18.1 Å². The Hall–Kier alpha value is -2.28. The molecule has 0 spiro atoms. The normalized spacial score (nSPS) is 18.3. The predicted molar refractivity (Wildman–Crippen MR) is 92.9 cm³/mol. The number of ether oxygens (including phenoxy) is 2. The van der Waals surface area contributed by atoms with E-state index in [1.165, 1.54) is 19.1 Å². The molecule has 1 unspecified atom stereocenters. The van der Waals surface area contributed by atoms with Gasteiger partial charge < -0.3 is 24.4 Å². The van der Waals surface area contributed by atoms with E-state index in [0.29, 0.717) is 29.5 Å². The zero-order valence-electron chi connectivity index (χ0n) is 15.2. The van der Waals surface area contributed by atoms with E-state index >= 15 is 0 Å². The van der Waals surface area contributed by atoms with Crippen LogP contribution in [0.4, 0.5) is 0 Å². The van der Waals surface area contributed by atoms with Crippen LogP contribution in [0.15, 0.2) is 18.2 Å². The van der Waals surface area contributed by atoms with Crippen LogP contribution in [-0.2, 0) is 4.79 Å². The number of hydrogen-bond acceptors (Lipinski definition) is 5. The van der Waals surface area contributed by atoms with Crippen molar-refractivity contribution in [2.45, 2.75) is 20.0 Å². The summed E-state index contributed by atoms with van der Waals surface area (Å²) in [6, 6.07) is 4.86. The minimum atomic E-state index is -0.776. The van der Waals surface area contributed by atoms with E-state index in [1.54, 1.807) is 23.1 Å². The molecule has 2 rings (SSSR count). The smallest absolute Gasteiger partial charge is 0.254 e. The average molecular weight is 350 g/mol. The van der Waals surface area contributed by atoms with Gasteiger partial charge in [0.25, 0.3) is 5.91 Å². The molecule has 0 radical (unpaired) electrons. The Labute approximate surface area is 148 Å². The quantitative estimate of drug-likeness (QED) is 0.857. The van der Waals surface area contributed by atoms with Crippen molar-refractivity contribution in [1.82, 2.24) is 9.80 Å². The minimum absolute atomic E-state index is 0.0534. The van der Waals surface area contributed by atoms with Crippen LogP contribution in [0.5, 0.6) is 11.5 Å². The number of hydrogen-bond donors (Lipinski definition) is 1. The van der Waals surface area contributed by atoms with Crippen LogP contribution in [0.1, 0.15) is 24.2 Å². The summed E-state index contributed by atoms with van der Waals surface area (Å²) < 4.78 is 10.4. The summed E-state index contributed by atoms with van der Waals surface area (Å²) in [6.07, 6.45) is -0.776. The minimum Gasteiger partial charge on any atom is -0.497 e. The first-order valence-corrected chi connectivity index (χ1v) is 8.32. The van der Waals surface area contributed by atoms with Crippen molar-refractivity contribution >= 4 is 11.8 Å². The molecule has 7 nitrogen and oxygen atoms in total. The Bertz CT molecular complexity index is 610. The molecule has 0 aliphatic carbocycles. The van der Waals surface area contributed by atoms with E-state index in [4.69, 9.17) is 9.47 Å². The van der Waals surface area contributed by atoms with Crippen molar-refractivity contribution in [2.24, 2.45) is 5.92 Å². The van der Waals surface area contributed by atoms with Gasteiger partial charge in [0.05, 0.1) is 20.3 Å². The van der Waals surface area contributed by atoms with Crippen molar-refractivity contribution in [3.8, 4) is 11.5 Å². The van der Waals surface area contributed by atoms with Crippen LogP contribution in [0.25, 0.3) is 0 Å². The highest BCUT2D eigenvalue weighted by Crippen LogP contribution is 2.24. The summed E-state index contributed by atoms with van der Waals surface area (Å²) >= 11 is 0. The lowest BCUT2D eigenvalue weighted by Gasteiger charge is -2.23. The van der Waals surface area contributed by atoms with Gasteiger partial charge in [-0.25, -0.2) is 0 Å². The van der Waals surface area contributed by atoms with Gasteiger partial charge in [0.15, 0.2) is 0 Å². The van der Waals surface area contributed by atoms with Crippen LogP contribution in [-0.4, -0.2) is 73.2 Å². The van der Waals surface area contributed by atoms with Crippen LogP contribution in [0, 0.1) is 5.92 Å². The largest absolute Gasteiger partial charge is 0.497 e. The Morgan fingerprint density at radius 2 is 1.80 bits per heavy atom. The molecule has 0 saturated carbocycles. The highest BCUT2D eigenvalue weighted by molar-refractivity contribution is 5.97. The topological polar surface area (TPSA) is 79.3 Å². The Kier molecular flexibility index (Phi) is 6.25. The number of aliphatic hydroxyl groups is 1. The fraction of sp³-hybridized carbons (Fsp3) is 0.556. The summed E-state index contributed by atoms with van der Waals surface area (Å²) in [4.78, 5) is 28.3. The van der Waals surface area contributed by atoms with Crippen molar-refractivity contribution in [3.63, 3.8) is 0 Å². The summed E-state index contributed by atoms with van der Waals surface area (Å²) in [6.45, 7) is 4.87. The van der Waals surface area contributed by atoms with Crippen molar-refractivity contribution in [1.29, 1.82) is 0 Å². The van der Waals surface area contributed by atoms with Crippen molar-refractivity contribution < 1.29 is 24.2 Å². The number of rotatable bonds is 5. The fourth-order valence-corrected chi connectivity index (χ4v) is 2.88. The zero-order chi connectivity index (χ0) is 18.6. The van der Waals surface area contributed by atoms with Crippen molar-refractivity contribution in [3.05, 3.63) is 23.8 Å². The number of benzene rings is 1. The Morgan fingerprint density at radius 3 is 2.32 bits per heavy atom. The zero-order valence-corrected chi connectivity index (χ0v) is 15.2. The average Bonchev–Trinajstić information content (AvgIpc) is 2.71. The van der Waals surface area contributed by atoms with E-state index in [0.717, 1.165) is 0 Å². The molecular weight excluding hydrogens is 324 g/mol. The monoisotopic (exact) mass is 350 g/mol. The first-order chi connectivity index (χ1) is 11.8. The second-order valence-corrected chi connectivity index (χ2v) is 6.63. The van der Waals surface area contributed by atoms with E-state index in [-0.39, 0.29) is 31.4 Å². The Balaban J connectivity index is 2.22. The summed E-state index contributed by atoms with van der Waals surface area (Å²) in [5, 5.41) is 10.2. The predicted octanol–water partition coefficient (Wildman–Crippen LogP) is 1.01. The third kappa shape index (κ3) is 4.85. The Morgan fingerprint density at radius 1 is 1.20 bits per heavy atom. The molecule has 1 fully saturated rings. The first kappa shape index (κ1) is 19.1. The van der Waals surface area contributed by atoms with Gasteiger partial charge in [0.2, 0.25) is 5.91 Å². The molecule has 1 aliphatic heterocycles. The van der Waals surface area contributed by atoms with Crippen molar-refractivity contribution in [2.75, 3.05) is 40.4 Å². The number of nitrogens with zero attached hydrogens (tertiary/aromatic N) is 2. The second kappa shape index (κ2) is 8.20. The molecule has 1 N–H and O–H groups in total. The lowest BCUT2D eigenvalue weighted by molar-refractivity contribution is -0.131. The molecule has 7 heteroatoms. The van der Waals surface area contributed by atoms with Gasteiger partial charge in [-0.15, -0.1) is 0 Å². The number of methoxy groups -OCH3 is 2.